The standard InChI is InChI=1S/C17H28N4O4S.ClH/c1-12-8-14(21-25-12)20-16(23)13(2)26-9-15(22)19-10-17(11-24-3)4-6-18-7-5-17;/h8,13,18H,4-7,9-11H2,1-3H3,(H,19,22)(H,20,21,23);1H. The van der Waals surface area contributed by atoms with Crippen LogP contribution in [0.2, 0.25) is 0 Å². The SMILES string of the molecule is COCC1(CNC(=O)CSC(C)C(=O)Nc2cc(C)on2)CCNCC1.Cl. The number of hydrogen-bond donors (Lipinski definition) is 3. The maximum atomic E-state index is 12.2. The summed E-state index contributed by atoms with van der Waals surface area (Å²) in [5.74, 6) is 0.972. The number of carbonyl (C=O) groups is 2. The number of thioether (sulfide) groups is 1. The molecule has 1 unspecified atom stereocenters. The van der Waals surface area contributed by atoms with Gasteiger partial charge in [-0.05, 0) is 39.8 Å². The number of ether oxygens (including phenoxy) is 1. The fourth-order valence-electron chi connectivity index (χ4n) is 2.90. The van der Waals surface area contributed by atoms with Gasteiger partial charge in [-0.1, -0.05) is 5.16 Å². The number of amides is 2. The van der Waals surface area contributed by atoms with Crippen LogP contribution in [0.5, 0.6) is 0 Å². The normalized spacial score (nSPS) is 16.9. The Morgan fingerprint density at radius 1 is 1.44 bits per heavy atom. The van der Waals surface area contributed by atoms with Crippen LogP contribution in [0.25, 0.3) is 0 Å². The van der Waals surface area contributed by atoms with E-state index in [0.29, 0.717) is 24.7 Å². The molecule has 1 saturated heterocycles. The zero-order valence-electron chi connectivity index (χ0n) is 16.0. The first-order valence-corrected chi connectivity index (χ1v) is 9.81. The molecule has 1 fully saturated rings. The number of halogens is 1. The van der Waals surface area contributed by atoms with E-state index in [1.807, 2.05) is 0 Å². The molecule has 154 valence electrons. The van der Waals surface area contributed by atoms with Gasteiger partial charge < -0.3 is 25.2 Å². The number of aromatic nitrogens is 1. The quantitative estimate of drug-likeness (QED) is 0.557. The third-order valence-electron chi connectivity index (χ3n) is 4.49. The van der Waals surface area contributed by atoms with Crippen LogP contribution in [0.1, 0.15) is 25.5 Å². The highest BCUT2D eigenvalue weighted by Gasteiger charge is 2.32. The lowest BCUT2D eigenvalue weighted by atomic mass is 9.79. The monoisotopic (exact) mass is 420 g/mol. The molecule has 0 bridgehead atoms. The summed E-state index contributed by atoms with van der Waals surface area (Å²) < 4.78 is 10.3. The molecule has 1 aromatic rings. The third-order valence-corrected chi connectivity index (χ3v) is 5.63. The molecule has 0 radical (unpaired) electrons. The molecule has 3 N–H and O–H groups in total. The van der Waals surface area contributed by atoms with Gasteiger partial charge in [0.25, 0.3) is 0 Å². The van der Waals surface area contributed by atoms with Crippen molar-refractivity contribution in [1.29, 1.82) is 0 Å². The first-order chi connectivity index (χ1) is 12.4. The average molecular weight is 421 g/mol. The number of aryl methyl sites for hydroxylation is 1. The van der Waals surface area contributed by atoms with E-state index >= 15 is 0 Å². The first kappa shape index (κ1) is 23.7. The van der Waals surface area contributed by atoms with Gasteiger partial charge in [-0.25, -0.2) is 0 Å². The fourth-order valence-corrected chi connectivity index (χ4v) is 3.62. The van der Waals surface area contributed by atoms with Gasteiger partial charge in [0.1, 0.15) is 5.76 Å². The molecule has 0 aliphatic carbocycles. The summed E-state index contributed by atoms with van der Waals surface area (Å²) in [6.07, 6.45) is 1.95. The molecule has 1 aromatic heterocycles. The van der Waals surface area contributed by atoms with Crippen molar-refractivity contribution in [3.8, 4) is 0 Å². The zero-order chi connectivity index (χ0) is 19.0. The molecular formula is C17H29ClN4O4S. The van der Waals surface area contributed by atoms with Crippen molar-refractivity contribution in [3.63, 3.8) is 0 Å². The number of nitrogens with zero attached hydrogens (tertiary/aromatic N) is 1. The van der Waals surface area contributed by atoms with E-state index in [2.05, 4.69) is 21.1 Å². The van der Waals surface area contributed by atoms with Gasteiger partial charge in [-0.3, -0.25) is 9.59 Å². The van der Waals surface area contributed by atoms with Crippen molar-refractivity contribution >= 4 is 41.8 Å². The fraction of sp³-hybridized carbons (Fsp3) is 0.706. The van der Waals surface area contributed by atoms with Crippen molar-refractivity contribution in [2.75, 3.05) is 44.4 Å². The molecule has 0 aromatic carbocycles. The Morgan fingerprint density at radius 2 is 2.15 bits per heavy atom. The second-order valence-electron chi connectivity index (χ2n) is 6.73. The van der Waals surface area contributed by atoms with Crippen molar-refractivity contribution < 1.29 is 18.8 Å². The van der Waals surface area contributed by atoms with Gasteiger partial charge in [0.05, 0.1) is 17.6 Å². The Balaban J connectivity index is 0.00000364. The second-order valence-corrected chi connectivity index (χ2v) is 8.05. The lowest BCUT2D eigenvalue weighted by Crippen LogP contribution is -2.47. The Labute approximate surface area is 170 Å². The molecule has 0 spiro atoms. The molecule has 2 heterocycles. The highest BCUT2D eigenvalue weighted by atomic mass is 35.5. The highest BCUT2D eigenvalue weighted by molar-refractivity contribution is 8.01. The van der Waals surface area contributed by atoms with Gasteiger partial charge in [0.15, 0.2) is 5.82 Å². The topological polar surface area (TPSA) is 105 Å². The highest BCUT2D eigenvalue weighted by Crippen LogP contribution is 2.28. The van der Waals surface area contributed by atoms with Gasteiger partial charge in [0, 0.05) is 25.1 Å². The minimum absolute atomic E-state index is 0. The van der Waals surface area contributed by atoms with E-state index in [9.17, 15) is 9.59 Å². The lowest BCUT2D eigenvalue weighted by molar-refractivity contribution is -0.119. The van der Waals surface area contributed by atoms with Crippen LogP contribution in [0.15, 0.2) is 10.6 Å². The predicted molar refractivity (Wildman–Crippen MR) is 108 cm³/mol. The Kier molecular flexibility index (Phi) is 10.1. The van der Waals surface area contributed by atoms with Crippen LogP contribution in [-0.2, 0) is 14.3 Å². The Hall–Kier alpha value is -1.29. The van der Waals surface area contributed by atoms with Crippen LogP contribution in [0.3, 0.4) is 0 Å². The summed E-state index contributed by atoms with van der Waals surface area (Å²) >= 11 is 1.29. The molecule has 27 heavy (non-hydrogen) atoms. The second kappa shape index (κ2) is 11.5. The Morgan fingerprint density at radius 3 is 2.74 bits per heavy atom. The number of rotatable bonds is 9. The molecule has 2 rings (SSSR count). The molecule has 1 atom stereocenters. The van der Waals surface area contributed by atoms with Gasteiger partial charge >= 0.3 is 0 Å². The Bertz CT molecular complexity index is 602. The molecule has 0 saturated carbocycles. The number of anilines is 1. The molecule has 1 aliphatic heterocycles. The third kappa shape index (κ3) is 7.69. The minimum atomic E-state index is -0.371. The summed E-state index contributed by atoms with van der Waals surface area (Å²) in [6.45, 7) is 6.63. The summed E-state index contributed by atoms with van der Waals surface area (Å²) in [5, 5.41) is 12.4. The van der Waals surface area contributed by atoms with Crippen LogP contribution < -0.4 is 16.0 Å². The number of methoxy groups -OCH3 is 1. The van der Waals surface area contributed by atoms with Gasteiger partial charge in [-0.15, -0.1) is 24.2 Å². The van der Waals surface area contributed by atoms with E-state index < -0.39 is 0 Å². The zero-order valence-corrected chi connectivity index (χ0v) is 17.6. The van der Waals surface area contributed by atoms with E-state index in [1.165, 1.54) is 11.8 Å². The first-order valence-electron chi connectivity index (χ1n) is 8.76. The average Bonchev–Trinajstić information content (AvgIpc) is 3.03. The van der Waals surface area contributed by atoms with E-state index in [-0.39, 0.29) is 40.6 Å². The van der Waals surface area contributed by atoms with Crippen LogP contribution in [0.4, 0.5) is 5.82 Å². The predicted octanol–water partition coefficient (Wildman–Crippen LogP) is 1.60. The number of hydrogen-bond acceptors (Lipinski definition) is 7. The van der Waals surface area contributed by atoms with Crippen LogP contribution >= 0.6 is 24.2 Å². The maximum absolute atomic E-state index is 12.2. The molecular weight excluding hydrogens is 392 g/mol. The minimum Gasteiger partial charge on any atom is -0.384 e. The number of piperidine rings is 1. The van der Waals surface area contributed by atoms with Crippen molar-refractivity contribution in [2.45, 2.75) is 31.9 Å². The van der Waals surface area contributed by atoms with E-state index in [1.54, 1.807) is 27.0 Å². The smallest absolute Gasteiger partial charge is 0.238 e. The van der Waals surface area contributed by atoms with Crippen LogP contribution in [0, 0.1) is 12.3 Å². The van der Waals surface area contributed by atoms with Crippen molar-refractivity contribution in [3.05, 3.63) is 11.8 Å². The van der Waals surface area contributed by atoms with E-state index in [4.69, 9.17) is 9.26 Å². The largest absolute Gasteiger partial charge is 0.384 e. The van der Waals surface area contributed by atoms with Crippen molar-refractivity contribution in [1.82, 2.24) is 15.8 Å². The molecule has 2 amide bonds. The number of carbonyl (C=O) groups excluding carboxylic acids is 2. The molecule has 8 nitrogen and oxygen atoms in total. The molecule has 10 heteroatoms. The lowest BCUT2D eigenvalue weighted by Gasteiger charge is -2.37. The number of nitrogens with one attached hydrogen (secondary N) is 3. The summed E-state index contributed by atoms with van der Waals surface area (Å²) in [4.78, 5) is 24.3. The summed E-state index contributed by atoms with van der Waals surface area (Å²) in [6, 6.07) is 1.65. The van der Waals surface area contributed by atoms with Crippen LogP contribution in [-0.4, -0.2) is 61.3 Å². The summed E-state index contributed by atoms with van der Waals surface area (Å²) in [5.41, 5.74) is -0.00582. The molecule has 1 aliphatic rings. The van der Waals surface area contributed by atoms with Crippen molar-refractivity contribution in [2.24, 2.45) is 5.41 Å². The van der Waals surface area contributed by atoms with Gasteiger partial charge in [0.2, 0.25) is 11.8 Å². The summed E-state index contributed by atoms with van der Waals surface area (Å²) in [7, 11) is 1.69. The maximum Gasteiger partial charge on any atom is 0.238 e. The van der Waals surface area contributed by atoms with Gasteiger partial charge in [-0.2, -0.15) is 0 Å². The van der Waals surface area contributed by atoms with E-state index in [0.717, 1.165) is 25.9 Å².